The van der Waals surface area contributed by atoms with Crippen LogP contribution in [0.1, 0.15) is 48.4 Å². The Hall–Kier alpha value is -0.860. The Balaban J connectivity index is 2.17. The molecule has 0 aliphatic carbocycles. The van der Waals surface area contributed by atoms with Crippen LogP contribution in [0.25, 0.3) is 0 Å². The molecule has 0 aromatic heterocycles. The van der Waals surface area contributed by atoms with Crippen LogP contribution in [-0.2, 0) is 6.54 Å². The van der Waals surface area contributed by atoms with Crippen LogP contribution >= 0.6 is 0 Å². The zero-order valence-corrected chi connectivity index (χ0v) is 12.9. The zero-order chi connectivity index (χ0) is 14.0. The van der Waals surface area contributed by atoms with E-state index in [0.29, 0.717) is 6.04 Å². The first-order valence-electron chi connectivity index (χ1n) is 7.55. The molecule has 19 heavy (non-hydrogen) atoms. The smallest absolute Gasteiger partial charge is 0.0248 e. The third kappa shape index (κ3) is 3.37. The van der Waals surface area contributed by atoms with Gasteiger partial charge in [-0.05, 0) is 69.3 Å². The highest BCUT2D eigenvalue weighted by atomic mass is 15.2. The lowest BCUT2D eigenvalue weighted by Crippen LogP contribution is -2.48. The van der Waals surface area contributed by atoms with E-state index in [1.165, 1.54) is 48.1 Å². The second kappa shape index (κ2) is 6.06. The maximum atomic E-state index is 6.16. The molecule has 2 unspecified atom stereocenters. The van der Waals surface area contributed by atoms with Gasteiger partial charge in [-0.3, -0.25) is 4.90 Å². The van der Waals surface area contributed by atoms with Crippen molar-refractivity contribution in [1.29, 1.82) is 0 Å². The van der Waals surface area contributed by atoms with Crippen molar-refractivity contribution in [3.05, 3.63) is 34.4 Å². The lowest BCUT2D eigenvalue weighted by Gasteiger charge is -2.38. The summed E-state index contributed by atoms with van der Waals surface area (Å²) in [5.41, 5.74) is 11.8. The average molecular weight is 260 g/mol. The Bertz CT molecular complexity index is 437. The highest BCUT2D eigenvalue weighted by molar-refractivity contribution is 5.36. The maximum absolute atomic E-state index is 6.16. The van der Waals surface area contributed by atoms with Crippen molar-refractivity contribution in [2.45, 2.75) is 65.6 Å². The van der Waals surface area contributed by atoms with Gasteiger partial charge < -0.3 is 5.73 Å². The van der Waals surface area contributed by atoms with Crippen molar-refractivity contribution in [2.75, 3.05) is 6.54 Å². The molecule has 1 aliphatic heterocycles. The first kappa shape index (κ1) is 14.5. The Morgan fingerprint density at radius 3 is 2.53 bits per heavy atom. The monoisotopic (exact) mass is 260 g/mol. The van der Waals surface area contributed by atoms with Gasteiger partial charge in [0.25, 0.3) is 0 Å². The summed E-state index contributed by atoms with van der Waals surface area (Å²) in [4.78, 5) is 2.59. The van der Waals surface area contributed by atoms with E-state index in [4.69, 9.17) is 5.73 Å². The van der Waals surface area contributed by atoms with Crippen LogP contribution in [0.3, 0.4) is 0 Å². The van der Waals surface area contributed by atoms with E-state index in [-0.39, 0.29) is 6.04 Å². The minimum absolute atomic E-state index is 0.271. The van der Waals surface area contributed by atoms with E-state index in [1.54, 1.807) is 0 Å². The highest BCUT2D eigenvalue weighted by Crippen LogP contribution is 2.24. The van der Waals surface area contributed by atoms with Gasteiger partial charge in [-0.2, -0.15) is 0 Å². The van der Waals surface area contributed by atoms with E-state index in [1.807, 2.05) is 0 Å². The minimum Gasteiger partial charge on any atom is -0.327 e. The molecular formula is C17H28N2. The summed E-state index contributed by atoms with van der Waals surface area (Å²) in [5, 5.41) is 0. The summed E-state index contributed by atoms with van der Waals surface area (Å²) < 4.78 is 0. The number of aryl methyl sites for hydroxylation is 3. The number of likely N-dealkylation sites (tertiary alicyclic amines) is 1. The summed E-state index contributed by atoms with van der Waals surface area (Å²) in [6.45, 7) is 11.0. The average Bonchev–Trinajstić information content (AvgIpc) is 2.36. The minimum atomic E-state index is 0.271. The van der Waals surface area contributed by atoms with Crippen LogP contribution in [-0.4, -0.2) is 23.5 Å². The van der Waals surface area contributed by atoms with Crippen molar-refractivity contribution < 1.29 is 0 Å². The molecule has 2 nitrogen and oxygen atoms in total. The van der Waals surface area contributed by atoms with Crippen molar-refractivity contribution in [2.24, 2.45) is 5.73 Å². The van der Waals surface area contributed by atoms with Gasteiger partial charge in [0.1, 0.15) is 0 Å². The van der Waals surface area contributed by atoms with Crippen molar-refractivity contribution in [3.8, 4) is 0 Å². The van der Waals surface area contributed by atoms with E-state index < -0.39 is 0 Å². The molecule has 1 fully saturated rings. The first-order valence-corrected chi connectivity index (χ1v) is 7.55. The summed E-state index contributed by atoms with van der Waals surface area (Å²) >= 11 is 0. The molecule has 1 heterocycles. The number of piperidine rings is 1. The summed E-state index contributed by atoms with van der Waals surface area (Å²) in [6, 6.07) is 5.49. The van der Waals surface area contributed by atoms with Gasteiger partial charge in [0.2, 0.25) is 0 Å². The number of benzene rings is 1. The molecule has 2 heteroatoms. The Kier molecular flexibility index (Phi) is 4.64. The molecule has 106 valence electrons. The molecule has 2 atom stereocenters. The molecule has 0 radical (unpaired) electrons. The van der Waals surface area contributed by atoms with Gasteiger partial charge in [-0.25, -0.2) is 0 Å². The largest absolute Gasteiger partial charge is 0.327 e. The summed E-state index contributed by atoms with van der Waals surface area (Å²) in [7, 11) is 0. The molecule has 0 bridgehead atoms. The predicted molar refractivity (Wildman–Crippen MR) is 82.4 cm³/mol. The molecular weight excluding hydrogens is 232 g/mol. The van der Waals surface area contributed by atoms with Gasteiger partial charge in [-0.1, -0.05) is 18.6 Å². The lowest BCUT2D eigenvalue weighted by molar-refractivity contribution is 0.123. The number of nitrogens with zero attached hydrogens (tertiary/aromatic N) is 1. The SMILES string of the molecule is Cc1cc(C)c(CN2CCCCC2C(C)N)cc1C. The van der Waals surface area contributed by atoms with E-state index >= 15 is 0 Å². The second-order valence-corrected chi connectivity index (χ2v) is 6.26. The Labute approximate surface area is 118 Å². The van der Waals surface area contributed by atoms with Crippen molar-refractivity contribution in [1.82, 2.24) is 4.90 Å². The quantitative estimate of drug-likeness (QED) is 0.903. The van der Waals surface area contributed by atoms with Crippen LogP contribution in [0, 0.1) is 20.8 Å². The molecule has 0 amide bonds. The van der Waals surface area contributed by atoms with Crippen LogP contribution in [0.4, 0.5) is 0 Å². The number of nitrogens with two attached hydrogens (primary N) is 1. The van der Waals surface area contributed by atoms with Gasteiger partial charge in [0, 0.05) is 18.6 Å². The fourth-order valence-corrected chi connectivity index (χ4v) is 3.22. The second-order valence-electron chi connectivity index (χ2n) is 6.26. The van der Waals surface area contributed by atoms with E-state index in [2.05, 4.69) is 44.7 Å². The van der Waals surface area contributed by atoms with Crippen LogP contribution < -0.4 is 5.73 Å². The fourth-order valence-electron chi connectivity index (χ4n) is 3.22. The fraction of sp³-hybridized carbons (Fsp3) is 0.647. The predicted octanol–water partition coefficient (Wildman–Crippen LogP) is 3.31. The van der Waals surface area contributed by atoms with E-state index in [0.717, 1.165) is 6.54 Å². The number of rotatable bonds is 3. The standard InChI is InChI=1S/C17H28N2/c1-12-9-14(3)16(10-13(12)2)11-19-8-6-5-7-17(19)15(4)18/h9-10,15,17H,5-8,11,18H2,1-4H3. The maximum Gasteiger partial charge on any atom is 0.0248 e. The topological polar surface area (TPSA) is 29.3 Å². The number of hydrogen-bond acceptors (Lipinski definition) is 2. The molecule has 1 aromatic rings. The van der Waals surface area contributed by atoms with Crippen molar-refractivity contribution in [3.63, 3.8) is 0 Å². The van der Waals surface area contributed by atoms with Gasteiger partial charge in [0.15, 0.2) is 0 Å². The van der Waals surface area contributed by atoms with Gasteiger partial charge >= 0.3 is 0 Å². The molecule has 1 aliphatic rings. The number of hydrogen-bond donors (Lipinski definition) is 1. The molecule has 1 saturated heterocycles. The molecule has 2 N–H and O–H groups in total. The molecule has 0 spiro atoms. The zero-order valence-electron chi connectivity index (χ0n) is 12.9. The Morgan fingerprint density at radius 1 is 1.16 bits per heavy atom. The summed E-state index contributed by atoms with van der Waals surface area (Å²) in [6.07, 6.45) is 3.89. The lowest BCUT2D eigenvalue weighted by atomic mass is 9.94. The molecule has 0 saturated carbocycles. The van der Waals surface area contributed by atoms with Crippen molar-refractivity contribution >= 4 is 0 Å². The summed E-state index contributed by atoms with van der Waals surface area (Å²) in [5.74, 6) is 0. The van der Waals surface area contributed by atoms with Gasteiger partial charge in [-0.15, -0.1) is 0 Å². The molecule has 2 rings (SSSR count). The third-order valence-corrected chi connectivity index (χ3v) is 4.60. The first-order chi connectivity index (χ1) is 8.99. The van der Waals surface area contributed by atoms with Gasteiger partial charge in [0.05, 0.1) is 0 Å². The van der Waals surface area contributed by atoms with Crippen LogP contribution in [0.15, 0.2) is 12.1 Å². The highest BCUT2D eigenvalue weighted by Gasteiger charge is 2.25. The normalized spacial score (nSPS) is 22.5. The van der Waals surface area contributed by atoms with Crippen LogP contribution in [0.2, 0.25) is 0 Å². The molecule has 1 aromatic carbocycles. The van der Waals surface area contributed by atoms with E-state index in [9.17, 15) is 0 Å². The Morgan fingerprint density at radius 2 is 1.84 bits per heavy atom. The third-order valence-electron chi connectivity index (χ3n) is 4.60. The van der Waals surface area contributed by atoms with Crippen LogP contribution in [0.5, 0.6) is 0 Å².